The van der Waals surface area contributed by atoms with Gasteiger partial charge in [0.1, 0.15) is 0 Å². The Morgan fingerprint density at radius 3 is 2.71 bits per heavy atom. The third-order valence-corrected chi connectivity index (χ3v) is 3.78. The first kappa shape index (κ1) is 14.1. The Morgan fingerprint density at radius 1 is 1.59 bits per heavy atom. The van der Waals surface area contributed by atoms with Crippen LogP contribution >= 0.6 is 0 Å². The van der Waals surface area contributed by atoms with Gasteiger partial charge in [0.15, 0.2) is 0 Å². The van der Waals surface area contributed by atoms with Gasteiger partial charge < -0.3 is 10.2 Å². The number of nitrogens with zero attached hydrogens (tertiary/aromatic N) is 1. The van der Waals surface area contributed by atoms with E-state index >= 15 is 0 Å². The highest BCUT2D eigenvalue weighted by Crippen LogP contribution is 2.36. The van der Waals surface area contributed by atoms with Crippen molar-refractivity contribution in [3.05, 3.63) is 0 Å². The minimum Gasteiger partial charge on any atom is -0.331 e. The largest absolute Gasteiger partial charge is 0.331 e. The quantitative estimate of drug-likeness (QED) is 0.734. The molecule has 1 atom stereocenters. The first-order valence-corrected chi connectivity index (χ1v) is 6.52. The van der Waals surface area contributed by atoms with Gasteiger partial charge in [-0.05, 0) is 25.3 Å². The summed E-state index contributed by atoms with van der Waals surface area (Å²) in [6.45, 7) is 9.24. The van der Waals surface area contributed by atoms with Crippen LogP contribution in [0.15, 0.2) is 0 Å². The van der Waals surface area contributed by atoms with Crippen molar-refractivity contribution < 1.29 is 4.79 Å². The fourth-order valence-electron chi connectivity index (χ4n) is 2.58. The lowest BCUT2D eigenvalue weighted by Gasteiger charge is -2.36. The molecule has 1 aliphatic heterocycles. The number of rotatable bonds is 5. The van der Waals surface area contributed by atoms with Gasteiger partial charge in [0.05, 0.1) is 12.0 Å². The number of hydrogen-bond acceptors (Lipinski definition) is 2. The van der Waals surface area contributed by atoms with Gasteiger partial charge in [-0.15, -0.1) is 6.42 Å². The van der Waals surface area contributed by atoms with Crippen molar-refractivity contribution in [1.29, 1.82) is 0 Å². The Morgan fingerprint density at radius 2 is 2.29 bits per heavy atom. The molecule has 1 aliphatic rings. The Kier molecular flexibility index (Phi) is 5.02. The summed E-state index contributed by atoms with van der Waals surface area (Å²) in [4.78, 5) is 14.5. The zero-order valence-corrected chi connectivity index (χ0v) is 11.3. The van der Waals surface area contributed by atoms with Gasteiger partial charge in [0.2, 0.25) is 5.91 Å². The molecular formula is C14H24N2O. The summed E-state index contributed by atoms with van der Waals surface area (Å²) in [5.41, 5.74) is -0.244. The van der Waals surface area contributed by atoms with E-state index in [-0.39, 0.29) is 11.3 Å². The van der Waals surface area contributed by atoms with Crippen molar-refractivity contribution in [3.8, 4) is 12.3 Å². The molecule has 1 saturated heterocycles. The van der Waals surface area contributed by atoms with Crippen molar-refractivity contribution in [3.63, 3.8) is 0 Å². The smallest absolute Gasteiger partial charge is 0.231 e. The molecule has 0 aromatic carbocycles. The minimum absolute atomic E-state index is 0.234. The summed E-state index contributed by atoms with van der Waals surface area (Å²) in [6.07, 6.45) is 7.23. The van der Waals surface area contributed by atoms with Crippen LogP contribution in [-0.2, 0) is 4.79 Å². The Balaban J connectivity index is 2.86. The fraction of sp³-hybridized carbons (Fsp3) is 0.786. The number of carbonyl (C=O) groups is 1. The Labute approximate surface area is 105 Å². The van der Waals surface area contributed by atoms with Crippen molar-refractivity contribution in [1.82, 2.24) is 10.2 Å². The van der Waals surface area contributed by atoms with Gasteiger partial charge in [0.25, 0.3) is 0 Å². The fourth-order valence-corrected chi connectivity index (χ4v) is 2.58. The first-order chi connectivity index (χ1) is 8.08. The molecular weight excluding hydrogens is 212 g/mol. The molecule has 0 aromatic rings. The predicted octanol–water partition coefficient (Wildman–Crippen LogP) is 1.49. The summed E-state index contributed by atoms with van der Waals surface area (Å²) >= 11 is 0. The van der Waals surface area contributed by atoms with Gasteiger partial charge in [-0.3, -0.25) is 4.79 Å². The first-order valence-electron chi connectivity index (χ1n) is 6.52. The van der Waals surface area contributed by atoms with Crippen LogP contribution in [0.3, 0.4) is 0 Å². The molecule has 0 aromatic heterocycles. The molecule has 0 spiro atoms. The average Bonchev–Trinajstić information content (AvgIpc) is 2.78. The molecule has 1 amide bonds. The van der Waals surface area contributed by atoms with Crippen LogP contribution in [0.1, 0.15) is 33.6 Å². The highest BCUT2D eigenvalue weighted by molar-refractivity contribution is 5.84. The average molecular weight is 236 g/mol. The molecule has 3 nitrogen and oxygen atoms in total. The van der Waals surface area contributed by atoms with Crippen LogP contribution < -0.4 is 5.32 Å². The van der Waals surface area contributed by atoms with Crippen LogP contribution in [0.25, 0.3) is 0 Å². The van der Waals surface area contributed by atoms with Crippen molar-refractivity contribution in [2.75, 3.05) is 26.2 Å². The van der Waals surface area contributed by atoms with E-state index in [1.807, 2.05) is 4.90 Å². The van der Waals surface area contributed by atoms with Crippen LogP contribution in [0.2, 0.25) is 0 Å². The molecule has 1 fully saturated rings. The van der Waals surface area contributed by atoms with E-state index in [9.17, 15) is 4.79 Å². The molecule has 96 valence electrons. The van der Waals surface area contributed by atoms with Crippen molar-refractivity contribution >= 4 is 5.91 Å². The number of hydrogen-bond donors (Lipinski definition) is 1. The molecule has 17 heavy (non-hydrogen) atoms. The van der Waals surface area contributed by atoms with E-state index in [2.05, 4.69) is 32.0 Å². The topological polar surface area (TPSA) is 32.3 Å². The zero-order valence-electron chi connectivity index (χ0n) is 11.3. The van der Waals surface area contributed by atoms with Gasteiger partial charge in [-0.25, -0.2) is 0 Å². The van der Waals surface area contributed by atoms with Crippen molar-refractivity contribution in [2.24, 2.45) is 11.3 Å². The SMILES string of the molecule is C#CCN(CCC)C(=O)C1(C(C)C)CCNC1. The van der Waals surface area contributed by atoms with Crippen LogP contribution in [0.5, 0.6) is 0 Å². The van der Waals surface area contributed by atoms with Gasteiger partial charge in [-0.2, -0.15) is 0 Å². The van der Waals surface area contributed by atoms with E-state index in [4.69, 9.17) is 6.42 Å². The standard InChI is InChI=1S/C14H24N2O/c1-5-9-16(10-6-2)13(17)14(12(3)4)7-8-15-11-14/h1,12,15H,6-11H2,2-4H3. The molecule has 1 N–H and O–H groups in total. The van der Waals surface area contributed by atoms with Crippen molar-refractivity contribution in [2.45, 2.75) is 33.6 Å². The molecule has 3 heteroatoms. The zero-order chi connectivity index (χ0) is 12.9. The second-order valence-corrected chi connectivity index (χ2v) is 5.17. The minimum atomic E-state index is -0.244. The third kappa shape index (κ3) is 2.81. The molecule has 1 rings (SSSR count). The molecule has 0 bridgehead atoms. The second-order valence-electron chi connectivity index (χ2n) is 5.17. The molecule has 0 aliphatic carbocycles. The van der Waals surface area contributed by atoms with Crippen LogP contribution in [-0.4, -0.2) is 37.0 Å². The highest BCUT2D eigenvalue weighted by atomic mass is 16.2. The van der Waals surface area contributed by atoms with Crippen LogP contribution in [0.4, 0.5) is 0 Å². The van der Waals surface area contributed by atoms with Gasteiger partial charge >= 0.3 is 0 Å². The Hall–Kier alpha value is -1.01. The maximum Gasteiger partial charge on any atom is 0.231 e. The highest BCUT2D eigenvalue weighted by Gasteiger charge is 2.45. The summed E-state index contributed by atoms with van der Waals surface area (Å²) in [5, 5.41) is 3.32. The molecule has 0 saturated carbocycles. The van der Waals surface area contributed by atoms with E-state index in [0.717, 1.165) is 32.5 Å². The van der Waals surface area contributed by atoms with Gasteiger partial charge in [-0.1, -0.05) is 26.7 Å². The second kappa shape index (κ2) is 6.07. The number of carbonyl (C=O) groups excluding carboxylic acids is 1. The normalized spacial score (nSPS) is 23.7. The summed E-state index contributed by atoms with van der Waals surface area (Å²) < 4.78 is 0. The summed E-state index contributed by atoms with van der Waals surface area (Å²) in [7, 11) is 0. The maximum atomic E-state index is 12.7. The monoisotopic (exact) mass is 236 g/mol. The van der Waals surface area contributed by atoms with Crippen LogP contribution in [0, 0.1) is 23.7 Å². The summed E-state index contributed by atoms with van der Waals surface area (Å²) in [6, 6.07) is 0. The van der Waals surface area contributed by atoms with E-state index < -0.39 is 0 Å². The third-order valence-electron chi connectivity index (χ3n) is 3.78. The number of amides is 1. The molecule has 1 heterocycles. The lowest BCUT2D eigenvalue weighted by Crippen LogP contribution is -2.48. The maximum absolute atomic E-state index is 12.7. The number of terminal acetylenes is 1. The van der Waals surface area contributed by atoms with Gasteiger partial charge in [0, 0.05) is 13.1 Å². The lowest BCUT2D eigenvalue weighted by atomic mass is 9.75. The number of nitrogens with one attached hydrogen (secondary N) is 1. The molecule has 1 unspecified atom stereocenters. The Bertz CT molecular complexity index is 298. The van der Waals surface area contributed by atoms with E-state index in [1.54, 1.807) is 0 Å². The lowest BCUT2D eigenvalue weighted by molar-refractivity contribution is -0.143. The predicted molar refractivity (Wildman–Crippen MR) is 70.5 cm³/mol. The summed E-state index contributed by atoms with van der Waals surface area (Å²) in [5.74, 6) is 3.18. The van der Waals surface area contributed by atoms with E-state index in [0.29, 0.717) is 12.5 Å². The van der Waals surface area contributed by atoms with E-state index in [1.165, 1.54) is 0 Å². The molecule has 0 radical (unpaired) electrons.